The average molecular weight is 368 g/mol. The number of nitrogens with one attached hydrogen (secondary N) is 2. The third kappa shape index (κ3) is 4.35. The summed E-state index contributed by atoms with van der Waals surface area (Å²) >= 11 is 0. The van der Waals surface area contributed by atoms with E-state index < -0.39 is 5.54 Å². The van der Waals surface area contributed by atoms with Crippen molar-refractivity contribution in [1.29, 1.82) is 0 Å². The minimum Gasteiger partial charge on any atom is -0.486 e. The molecule has 144 valence electrons. The van der Waals surface area contributed by atoms with Gasteiger partial charge in [0.25, 0.3) is 0 Å². The van der Waals surface area contributed by atoms with Crippen molar-refractivity contribution >= 4 is 11.7 Å². The number of ether oxygens (including phenoxy) is 2. The lowest BCUT2D eigenvalue weighted by molar-refractivity contribution is 0.171. The van der Waals surface area contributed by atoms with E-state index in [0.29, 0.717) is 19.0 Å². The molecular weight excluding hydrogens is 340 g/mol. The molecule has 1 aliphatic rings. The van der Waals surface area contributed by atoms with E-state index in [9.17, 15) is 4.79 Å². The zero-order chi connectivity index (χ0) is 19.7. The molecule has 0 spiro atoms. The number of benzene rings is 2. The number of urea groups is 1. The maximum atomic E-state index is 12.7. The van der Waals surface area contributed by atoms with Gasteiger partial charge in [0.1, 0.15) is 13.2 Å². The second-order valence-electron chi connectivity index (χ2n) is 8.36. The normalized spacial score (nSPS) is 13.8. The van der Waals surface area contributed by atoms with Gasteiger partial charge in [-0.1, -0.05) is 45.0 Å². The van der Waals surface area contributed by atoms with Crippen LogP contribution < -0.4 is 20.1 Å². The molecule has 2 N–H and O–H groups in total. The number of hydrogen-bond donors (Lipinski definition) is 2. The van der Waals surface area contributed by atoms with Crippen molar-refractivity contribution in [1.82, 2.24) is 5.32 Å². The second-order valence-corrected chi connectivity index (χ2v) is 8.36. The van der Waals surface area contributed by atoms with E-state index in [1.165, 1.54) is 0 Å². The van der Waals surface area contributed by atoms with Gasteiger partial charge in [0.05, 0.1) is 5.54 Å². The summed E-state index contributed by atoms with van der Waals surface area (Å²) in [5.74, 6) is 1.46. The molecule has 0 atom stereocenters. The molecule has 2 aromatic rings. The van der Waals surface area contributed by atoms with Crippen LogP contribution in [0.25, 0.3) is 0 Å². The van der Waals surface area contributed by atoms with Gasteiger partial charge >= 0.3 is 6.03 Å². The summed E-state index contributed by atoms with van der Waals surface area (Å²) in [6.45, 7) is 11.4. The molecule has 2 amide bonds. The Balaban J connectivity index is 1.76. The minimum atomic E-state index is -0.573. The van der Waals surface area contributed by atoms with Crippen LogP contribution in [0.1, 0.15) is 45.7 Å². The Hall–Kier alpha value is -2.69. The molecule has 3 rings (SSSR count). The molecule has 5 nitrogen and oxygen atoms in total. The highest BCUT2D eigenvalue weighted by molar-refractivity contribution is 5.91. The first kappa shape index (κ1) is 19.1. The first-order valence-corrected chi connectivity index (χ1v) is 9.26. The van der Waals surface area contributed by atoms with Crippen molar-refractivity contribution in [2.24, 2.45) is 0 Å². The van der Waals surface area contributed by atoms with Crippen molar-refractivity contribution in [2.75, 3.05) is 18.5 Å². The van der Waals surface area contributed by atoms with Crippen LogP contribution in [0.3, 0.4) is 0 Å². The number of rotatable bonds is 3. The molecule has 0 aliphatic carbocycles. The highest BCUT2D eigenvalue weighted by Gasteiger charge is 2.26. The first-order valence-electron chi connectivity index (χ1n) is 9.26. The maximum Gasteiger partial charge on any atom is 0.319 e. The fraction of sp³-hybridized carbons (Fsp3) is 0.409. The van der Waals surface area contributed by atoms with E-state index >= 15 is 0 Å². The summed E-state index contributed by atoms with van der Waals surface area (Å²) in [7, 11) is 0. The van der Waals surface area contributed by atoms with Crippen molar-refractivity contribution in [3.63, 3.8) is 0 Å². The first-order chi connectivity index (χ1) is 12.7. The summed E-state index contributed by atoms with van der Waals surface area (Å²) in [5, 5.41) is 6.06. The lowest BCUT2D eigenvalue weighted by atomic mass is 9.86. The lowest BCUT2D eigenvalue weighted by Crippen LogP contribution is -2.43. The lowest BCUT2D eigenvalue weighted by Gasteiger charge is -2.29. The summed E-state index contributed by atoms with van der Waals surface area (Å²) in [4.78, 5) is 12.7. The highest BCUT2D eigenvalue weighted by Crippen LogP contribution is 2.34. The Morgan fingerprint density at radius 3 is 2.30 bits per heavy atom. The molecule has 5 heteroatoms. The Morgan fingerprint density at radius 2 is 1.59 bits per heavy atom. The molecule has 0 saturated carbocycles. The van der Waals surface area contributed by atoms with Crippen LogP contribution in [0.4, 0.5) is 10.5 Å². The highest BCUT2D eigenvalue weighted by atomic mass is 16.6. The van der Waals surface area contributed by atoms with E-state index in [1.807, 2.05) is 56.3 Å². The molecule has 0 aromatic heterocycles. The second kappa shape index (κ2) is 7.14. The Morgan fingerprint density at radius 1 is 0.926 bits per heavy atom. The molecule has 0 bridgehead atoms. The van der Waals surface area contributed by atoms with Gasteiger partial charge in [-0.3, -0.25) is 0 Å². The molecule has 0 fully saturated rings. The summed E-state index contributed by atoms with van der Waals surface area (Å²) in [5.41, 5.74) is 2.23. The van der Waals surface area contributed by atoms with Gasteiger partial charge in [0, 0.05) is 5.69 Å². The summed E-state index contributed by atoms with van der Waals surface area (Å²) in [6, 6.07) is 13.4. The van der Waals surface area contributed by atoms with Crippen LogP contribution in [0, 0.1) is 0 Å². The molecule has 0 radical (unpaired) electrons. The van der Waals surface area contributed by atoms with Gasteiger partial charge in [0.2, 0.25) is 0 Å². The minimum absolute atomic E-state index is 0.0603. The van der Waals surface area contributed by atoms with Gasteiger partial charge in [0.15, 0.2) is 11.5 Å². The fourth-order valence-corrected chi connectivity index (χ4v) is 3.19. The Bertz CT molecular complexity index is 838. The number of amides is 2. The van der Waals surface area contributed by atoms with Gasteiger partial charge in [-0.2, -0.15) is 0 Å². The monoisotopic (exact) mass is 368 g/mol. The Kier molecular flexibility index (Phi) is 5.05. The Labute approximate surface area is 161 Å². The van der Waals surface area contributed by atoms with E-state index in [0.717, 1.165) is 22.6 Å². The fourth-order valence-electron chi connectivity index (χ4n) is 3.19. The quantitative estimate of drug-likeness (QED) is 0.817. The van der Waals surface area contributed by atoms with E-state index in [4.69, 9.17) is 9.47 Å². The number of carbonyl (C=O) groups is 1. The predicted molar refractivity (Wildman–Crippen MR) is 108 cm³/mol. The summed E-state index contributed by atoms with van der Waals surface area (Å²) < 4.78 is 11.2. The number of carbonyl (C=O) groups excluding carboxylic acids is 1. The third-order valence-corrected chi connectivity index (χ3v) is 4.67. The van der Waals surface area contributed by atoms with Crippen LogP contribution in [0.2, 0.25) is 0 Å². The predicted octanol–water partition coefficient (Wildman–Crippen LogP) is 4.81. The topological polar surface area (TPSA) is 59.6 Å². The molecule has 0 unspecified atom stereocenters. The van der Waals surface area contributed by atoms with Gasteiger partial charge in [-0.15, -0.1) is 0 Å². The molecule has 2 aromatic carbocycles. The smallest absolute Gasteiger partial charge is 0.319 e. The number of anilines is 1. The van der Waals surface area contributed by atoms with Gasteiger partial charge in [-0.25, -0.2) is 4.79 Å². The van der Waals surface area contributed by atoms with Gasteiger partial charge in [-0.05, 0) is 48.6 Å². The molecule has 1 heterocycles. The molecule has 1 aliphatic heterocycles. The van der Waals surface area contributed by atoms with Crippen LogP contribution in [-0.4, -0.2) is 19.2 Å². The van der Waals surface area contributed by atoms with Crippen molar-refractivity contribution < 1.29 is 14.3 Å². The standard InChI is InChI=1S/C22H28N2O3/c1-21(2,3)16-8-6-7-9-17(16)23-20(25)24-22(4,5)15-10-11-18-19(14-15)27-13-12-26-18/h6-11,14H,12-13H2,1-5H3,(H2,23,24,25). The summed E-state index contributed by atoms with van der Waals surface area (Å²) in [6.07, 6.45) is 0. The molecule has 0 saturated heterocycles. The molecular formula is C22H28N2O3. The van der Waals surface area contributed by atoms with Crippen molar-refractivity contribution in [3.8, 4) is 11.5 Å². The number of para-hydroxylation sites is 1. The maximum absolute atomic E-state index is 12.7. The SMILES string of the molecule is CC(C)(C)c1ccccc1NC(=O)NC(C)(C)c1ccc2c(c1)OCCO2. The van der Waals surface area contributed by atoms with E-state index in [1.54, 1.807) is 0 Å². The molecule has 27 heavy (non-hydrogen) atoms. The number of fused-ring (bicyclic) bond motifs is 1. The van der Waals surface area contributed by atoms with Crippen LogP contribution in [0.15, 0.2) is 42.5 Å². The third-order valence-electron chi connectivity index (χ3n) is 4.67. The van der Waals surface area contributed by atoms with Crippen molar-refractivity contribution in [3.05, 3.63) is 53.6 Å². The van der Waals surface area contributed by atoms with E-state index in [-0.39, 0.29) is 11.4 Å². The largest absolute Gasteiger partial charge is 0.486 e. The van der Waals surface area contributed by atoms with Gasteiger partial charge < -0.3 is 20.1 Å². The van der Waals surface area contributed by atoms with Crippen LogP contribution in [0.5, 0.6) is 11.5 Å². The number of hydrogen-bond acceptors (Lipinski definition) is 3. The average Bonchev–Trinajstić information content (AvgIpc) is 2.60. The zero-order valence-electron chi connectivity index (χ0n) is 16.7. The van der Waals surface area contributed by atoms with Crippen LogP contribution >= 0.6 is 0 Å². The van der Waals surface area contributed by atoms with Crippen LogP contribution in [-0.2, 0) is 11.0 Å². The van der Waals surface area contributed by atoms with Crippen molar-refractivity contribution in [2.45, 2.75) is 45.6 Å². The zero-order valence-corrected chi connectivity index (χ0v) is 16.7. The van der Waals surface area contributed by atoms with E-state index in [2.05, 4.69) is 31.4 Å².